The number of thiazole rings is 1. The monoisotopic (exact) mass is 373 g/mol. The van der Waals surface area contributed by atoms with Crippen LogP contribution in [0.15, 0.2) is 36.0 Å². The molecule has 8 nitrogen and oxygen atoms in total. The fourth-order valence-electron chi connectivity index (χ4n) is 2.41. The lowest BCUT2D eigenvalue weighted by Crippen LogP contribution is -2.39. The highest BCUT2D eigenvalue weighted by Crippen LogP contribution is 2.35. The SMILES string of the molecule is COC(=O)C(C)(C)Oc1cc(-c2cncs2)nc2ccc([N+](=O)[O-])cc12. The number of methoxy groups -OCH3 is 1. The van der Waals surface area contributed by atoms with Gasteiger partial charge < -0.3 is 9.47 Å². The van der Waals surface area contributed by atoms with Crippen LogP contribution in [0, 0.1) is 10.1 Å². The molecular weight excluding hydrogens is 358 g/mol. The van der Waals surface area contributed by atoms with Gasteiger partial charge in [-0.2, -0.15) is 0 Å². The topological polar surface area (TPSA) is 104 Å². The third kappa shape index (κ3) is 3.33. The van der Waals surface area contributed by atoms with E-state index >= 15 is 0 Å². The Morgan fingerprint density at radius 1 is 1.31 bits per heavy atom. The Morgan fingerprint density at radius 3 is 2.69 bits per heavy atom. The lowest BCUT2D eigenvalue weighted by atomic mass is 10.1. The van der Waals surface area contributed by atoms with Crippen molar-refractivity contribution in [2.45, 2.75) is 19.4 Å². The molecule has 3 rings (SSSR count). The molecule has 3 aromatic rings. The number of carbonyl (C=O) groups is 1. The largest absolute Gasteiger partial charge is 0.475 e. The van der Waals surface area contributed by atoms with E-state index in [1.165, 1.54) is 30.6 Å². The number of rotatable bonds is 5. The standard InChI is InChI=1S/C17H15N3O5S/c1-17(2,16(21)24-3)25-14-7-13(15-8-18-9-26-15)19-12-5-4-10(20(22)23)6-11(12)14/h4-9H,1-3H3. The molecule has 0 radical (unpaired) electrons. The average molecular weight is 373 g/mol. The molecule has 0 unspecified atom stereocenters. The molecule has 0 saturated carbocycles. The van der Waals surface area contributed by atoms with Gasteiger partial charge in [0.1, 0.15) is 5.75 Å². The second-order valence-corrected chi connectivity index (χ2v) is 6.82. The minimum atomic E-state index is -1.28. The Kier molecular flexibility index (Phi) is 4.56. The van der Waals surface area contributed by atoms with E-state index < -0.39 is 16.5 Å². The van der Waals surface area contributed by atoms with E-state index in [1.54, 1.807) is 37.7 Å². The van der Waals surface area contributed by atoms with Gasteiger partial charge in [-0.05, 0) is 19.9 Å². The molecule has 26 heavy (non-hydrogen) atoms. The first kappa shape index (κ1) is 17.7. The summed E-state index contributed by atoms with van der Waals surface area (Å²) in [5.41, 5.74) is 1.42. The lowest BCUT2D eigenvalue weighted by molar-refractivity contribution is -0.384. The van der Waals surface area contributed by atoms with Crippen LogP contribution in [-0.2, 0) is 9.53 Å². The van der Waals surface area contributed by atoms with E-state index in [0.29, 0.717) is 22.3 Å². The zero-order valence-corrected chi connectivity index (χ0v) is 15.1. The first-order chi connectivity index (χ1) is 12.3. The molecule has 0 spiro atoms. The lowest BCUT2D eigenvalue weighted by Gasteiger charge is -2.24. The summed E-state index contributed by atoms with van der Waals surface area (Å²) >= 11 is 1.40. The van der Waals surface area contributed by atoms with Crippen LogP contribution in [0.4, 0.5) is 5.69 Å². The molecule has 0 bridgehead atoms. The molecule has 2 heterocycles. The van der Waals surface area contributed by atoms with Gasteiger partial charge in [-0.1, -0.05) is 0 Å². The van der Waals surface area contributed by atoms with Crippen LogP contribution in [0.25, 0.3) is 21.5 Å². The number of nitro groups is 1. The summed E-state index contributed by atoms with van der Waals surface area (Å²) in [6.45, 7) is 3.13. The predicted octanol–water partition coefficient (Wildman–Crippen LogP) is 3.60. The third-order valence-electron chi connectivity index (χ3n) is 3.69. The van der Waals surface area contributed by atoms with Gasteiger partial charge in [-0.15, -0.1) is 11.3 Å². The van der Waals surface area contributed by atoms with Crippen molar-refractivity contribution in [3.05, 3.63) is 46.1 Å². The highest BCUT2D eigenvalue weighted by Gasteiger charge is 2.32. The third-order valence-corrected chi connectivity index (χ3v) is 4.49. The Morgan fingerprint density at radius 2 is 2.08 bits per heavy atom. The van der Waals surface area contributed by atoms with Crippen LogP contribution < -0.4 is 4.74 Å². The average Bonchev–Trinajstić information content (AvgIpc) is 3.14. The summed E-state index contributed by atoms with van der Waals surface area (Å²) in [6.07, 6.45) is 1.67. The normalized spacial score (nSPS) is 11.3. The summed E-state index contributed by atoms with van der Waals surface area (Å²) in [6, 6.07) is 5.95. The smallest absolute Gasteiger partial charge is 0.349 e. The van der Waals surface area contributed by atoms with Gasteiger partial charge in [-0.25, -0.2) is 9.78 Å². The van der Waals surface area contributed by atoms with Crippen LogP contribution in [-0.4, -0.2) is 33.6 Å². The summed E-state index contributed by atoms with van der Waals surface area (Å²) in [5, 5.41) is 11.5. The molecule has 134 valence electrons. The van der Waals surface area contributed by atoms with Crippen LogP contribution >= 0.6 is 11.3 Å². The Bertz CT molecular complexity index is 985. The van der Waals surface area contributed by atoms with Gasteiger partial charge in [0.15, 0.2) is 5.60 Å². The highest BCUT2D eigenvalue weighted by molar-refractivity contribution is 7.13. The van der Waals surface area contributed by atoms with Crippen LogP contribution in [0.2, 0.25) is 0 Å². The molecule has 1 aromatic carbocycles. The van der Waals surface area contributed by atoms with Gasteiger partial charge in [-0.3, -0.25) is 15.1 Å². The second-order valence-electron chi connectivity index (χ2n) is 5.93. The van der Waals surface area contributed by atoms with E-state index in [2.05, 4.69) is 9.97 Å². The zero-order chi connectivity index (χ0) is 18.9. The van der Waals surface area contributed by atoms with Gasteiger partial charge in [0.05, 0.1) is 33.6 Å². The van der Waals surface area contributed by atoms with Gasteiger partial charge in [0.25, 0.3) is 5.69 Å². The van der Waals surface area contributed by atoms with E-state index in [4.69, 9.17) is 9.47 Å². The van der Waals surface area contributed by atoms with Crippen molar-refractivity contribution in [1.82, 2.24) is 9.97 Å². The number of carbonyl (C=O) groups excluding carboxylic acids is 1. The molecule has 0 amide bonds. The van der Waals surface area contributed by atoms with Crippen molar-refractivity contribution in [1.29, 1.82) is 0 Å². The maximum absolute atomic E-state index is 12.0. The van der Waals surface area contributed by atoms with Crippen molar-refractivity contribution in [3.8, 4) is 16.3 Å². The van der Waals surface area contributed by atoms with E-state index in [-0.39, 0.29) is 5.69 Å². The fraction of sp³-hybridized carbons (Fsp3) is 0.235. The van der Waals surface area contributed by atoms with Crippen molar-refractivity contribution in [3.63, 3.8) is 0 Å². The number of benzene rings is 1. The highest BCUT2D eigenvalue weighted by atomic mass is 32.1. The fourth-order valence-corrected chi connectivity index (χ4v) is 2.99. The Labute approximate surface area is 152 Å². The molecule has 0 fully saturated rings. The van der Waals surface area contributed by atoms with Crippen LogP contribution in [0.1, 0.15) is 13.8 Å². The van der Waals surface area contributed by atoms with Gasteiger partial charge in [0, 0.05) is 29.8 Å². The number of ether oxygens (including phenoxy) is 2. The number of nitro benzene ring substituents is 1. The minimum Gasteiger partial charge on any atom is -0.475 e. The maximum atomic E-state index is 12.0. The van der Waals surface area contributed by atoms with E-state index in [0.717, 1.165) is 4.88 Å². The van der Waals surface area contributed by atoms with Crippen molar-refractivity contribution in [2.24, 2.45) is 0 Å². The summed E-state index contributed by atoms with van der Waals surface area (Å²) in [7, 11) is 1.27. The molecule has 0 aliphatic heterocycles. The molecule has 0 N–H and O–H groups in total. The Balaban J connectivity index is 2.20. The van der Waals surface area contributed by atoms with Crippen molar-refractivity contribution in [2.75, 3.05) is 7.11 Å². The second kappa shape index (κ2) is 6.68. The molecule has 2 aromatic heterocycles. The maximum Gasteiger partial charge on any atom is 0.349 e. The van der Waals surface area contributed by atoms with Crippen LogP contribution in [0.3, 0.4) is 0 Å². The Hall–Kier alpha value is -3.07. The molecule has 0 aliphatic carbocycles. The van der Waals surface area contributed by atoms with Gasteiger partial charge >= 0.3 is 5.97 Å². The number of fused-ring (bicyclic) bond motifs is 1. The molecular formula is C17H15N3O5S. The molecule has 0 saturated heterocycles. The summed E-state index contributed by atoms with van der Waals surface area (Å²) < 4.78 is 10.7. The van der Waals surface area contributed by atoms with E-state index in [1.807, 2.05) is 0 Å². The summed E-state index contributed by atoms with van der Waals surface area (Å²) in [4.78, 5) is 32.0. The van der Waals surface area contributed by atoms with Gasteiger partial charge in [0.2, 0.25) is 0 Å². The number of esters is 1. The van der Waals surface area contributed by atoms with Crippen LogP contribution in [0.5, 0.6) is 5.75 Å². The number of hydrogen-bond acceptors (Lipinski definition) is 8. The first-order valence-electron chi connectivity index (χ1n) is 7.57. The number of nitrogens with zero attached hydrogens (tertiary/aromatic N) is 3. The van der Waals surface area contributed by atoms with Crippen molar-refractivity contribution >= 4 is 33.9 Å². The minimum absolute atomic E-state index is 0.0921. The summed E-state index contributed by atoms with van der Waals surface area (Å²) in [5.74, 6) is -0.260. The number of aromatic nitrogens is 2. The number of pyridine rings is 1. The predicted molar refractivity (Wildman–Crippen MR) is 96.2 cm³/mol. The van der Waals surface area contributed by atoms with E-state index in [9.17, 15) is 14.9 Å². The molecule has 0 aliphatic rings. The van der Waals surface area contributed by atoms with Crippen molar-refractivity contribution < 1.29 is 19.2 Å². The molecule has 0 atom stereocenters. The first-order valence-corrected chi connectivity index (χ1v) is 8.45. The zero-order valence-electron chi connectivity index (χ0n) is 14.3. The quantitative estimate of drug-likeness (QED) is 0.382. The molecule has 9 heteroatoms. The number of non-ortho nitro benzene ring substituents is 1. The number of hydrogen-bond donors (Lipinski definition) is 0.